The Hall–Kier alpha value is -0.610. The summed E-state index contributed by atoms with van der Waals surface area (Å²) in [5.41, 5.74) is 6.78. The van der Waals surface area contributed by atoms with Crippen molar-refractivity contribution >= 4 is 11.3 Å². The zero-order valence-electron chi connectivity index (χ0n) is 8.82. The molecule has 0 aromatic carbocycles. The summed E-state index contributed by atoms with van der Waals surface area (Å²) in [4.78, 5) is 4.41. The van der Waals surface area contributed by atoms with Crippen LogP contribution in [0.1, 0.15) is 38.3 Å². The number of hydrogen-bond donors (Lipinski definition) is 1. The second-order valence-electron chi connectivity index (χ2n) is 3.19. The van der Waals surface area contributed by atoms with Gasteiger partial charge in [-0.25, -0.2) is 4.98 Å². The van der Waals surface area contributed by atoms with E-state index in [2.05, 4.69) is 17.3 Å². The molecule has 80 valence electrons. The third-order valence-corrected chi connectivity index (χ3v) is 2.88. The second-order valence-corrected chi connectivity index (χ2v) is 4.01. The Labute approximate surface area is 89.3 Å². The van der Waals surface area contributed by atoms with Crippen LogP contribution in [0.3, 0.4) is 0 Å². The van der Waals surface area contributed by atoms with E-state index in [-0.39, 0.29) is 0 Å². The standard InChI is InChI=1S/C10H18N2OS/c1-3-5-8(6-11)9-7-14-10(12-9)13-4-2/h7-8H,3-6,11H2,1-2H3. The van der Waals surface area contributed by atoms with Crippen molar-refractivity contribution in [2.24, 2.45) is 5.73 Å². The van der Waals surface area contributed by atoms with Gasteiger partial charge >= 0.3 is 0 Å². The van der Waals surface area contributed by atoms with E-state index in [1.165, 1.54) is 0 Å². The molecule has 1 unspecified atom stereocenters. The Morgan fingerprint density at radius 2 is 2.36 bits per heavy atom. The predicted octanol–water partition coefficient (Wildman–Crippen LogP) is 2.38. The minimum absolute atomic E-state index is 0.394. The molecular weight excluding hydrogens is 196 g/mol. The molecule has 0 radical (unpaired) electrons. The van der Waals surface area contributed by atoms with Crippen molar-refractivity contribution in [1.29, 1.82) is 0 Å². The average Bonchev–Trinajstić information content (AvgIpc) is 2.63. The molecule has 0 bridgehead atoms. The zero-order valence-corrected chi connectivity index (χ0v) is 9.64. The van der Waals surface area contributed by atoms with E-state index >= 15 is 0 Å². The van der Waals surface area contributed by atoms with Crippen LogP contribution in [0.5, 0.6) is 5.19 Å². The third kappa shape index (κ3) is 2.96. The first-order valence-electron chi connectivity index (χ1n) is 5.10. The van der Waals surface area contributed by atoms with Crippen LogP contribution in [0.25, 0.3) is 0 Å². The molecule has 3 nitrogen and oxygen atoms in total. The van der Waals surface area contributed by atoms with E-state index < -0.39 is 0 Å². The van der Waals surface area contributed by atoms with Gasteiger partial charge in [0.2, 0.25) is 0 Å². The molecule has 1 heterocycles. The van der Waals surface area contributed by atoms with E-state index in [1.807, 2.05) is 6.92 Å². The minimum Gasteiger partial charge on any atom is -0.470 e. The maximum Gasteiger partial charge on any atom is 0.273 e. The summed E-state index contributed by atoms with van der Waals surface area (Å²) in [6.07, 6.45) is 2.25. The van der Waals surface area contributed by atoms with Crippen molar-refractivity contribution in [3.63, 3.8) is 0 Å². The molecule has 0 aliphatic carbocycles. The normalized spacial score (nSPS) is 12.8. The van der Waals surface area contributed by atoms with E-state index in [0.717, 1.165) is 23.7 Å². The first-order chi connectivity index (χ1) is 6.81. The largest absolute Gasteiger partial charge is 0.470 e. The summed E-state index contributed by atoms with van der Waals surface area (Å²) < 4.78 is 5.33. The lowest BCUT2D eigenvalue weighted by Crippen LogP contribution is -2.12. The Balaban J connectivity index is 2.63. The van der Waals surface area contributed by atoms with Crippen LogP contribution in [0.4, 0.5) is 0 Å². The number of ether oxygens (including phenoxy) is 1. The van der Waals surface area contributed by atoms with E-state index in [1.54, 1.807) is 11.3 Å². The molecular formula is C10H18N2OS. The van der Waals surface area contributed by atoms with E-state index in [0.29, 0.717) is 19.1 Å². The van der Waals surface area contributed by atoms with Crippen LogP contribution in [-0.2, 0) is 0 Å². The third-order valence-electron chi connectivity index (χ3n) is 2.11. The van der Waals surface area contributed by atoms with Crippen LogP contribution in [-0.4, -0.2) is 18.1 Å². The summed E-state index contributed by atoms with van der Waals surface area (Å²) in [5.74, 6) is 0.394. The van der Waals surface area contributed by atoms with Crippen LogP contribution in [0.2, 0.25) is 0 Å². The summed E-state index contributed by atoms with van der Waals surface area (Å²) in [7, 11) is 0. The maximum atomic E-state index is 5.70. The highest BCUT2D eigenvalue weighted by molar-refractivity contribution is 7.11. The number of thiazole rings is 1. The van der Waals surface area contributed by atoms with Gasteiger partial charge in [0.1, 0.15) is 0 Å². The van der Waals surface area contributed by atoms with Gasteiger partial charge in [-0.1, -0.05) is 24.7 Å². The monoisotopic (exact) mass is 214 g/mol. The predicted molar refractivity (Wildman–Crippen MR) is 60.0 cm³/mol. The van der Waals surface area contributed by atoms with Gasteiger partial charge in [-0.05, 0) is 13.3 Å². The van der Waals surface area contributed by atoms with E-state index in [4.69, 9.17) is 10.5 Å². The lowest BCUT2D eigenvalue weighted by molar-refractivity contribution is 0.337. The van der Waals surface area contributed by atoms with Gasteiger partial charge in [0.25, 0.3) is 5.19 Å². The lowest BCUT2D eigenvalue weighted by Gasteiger charge is -2.09. The molecule has 0 aliphatic rings. The van der Waals surface area contributed by atoms with Crippen molar-refractivity contribution in [2.75, 3.05) is 13.2 Å². The van der Waals surface area contributed by atoms with Gasteiger partial charge in [-0.2, -0.15) is 0 Å². The fourth-order valence-electron chi connectivity index (χ4n) is 1.38. The molecule has 0 spiro atoms. The van der Waals surface area contributed by atoms with Gasteiger partial charge in [0.05, 0.1) is 12.3 Å². The Morgan fingerprint density at radius 1 is 1.57 bits per heavy atom. The molecule has 0 fully saturated rings. The molecule has 4 heteroatoms. The highest BCUT2D eigenvalue weighted by Crippen LogP contribution is 2.26. The van der Waals surface area contributed by atoms with Crippen LogP contribution in [0.15, 0.2) is 5.38 Å². The molecule has 1 aromatic heterocycles. The SMILES string of the molecule is CCCC(CN)c1csc(OCC)n1. The molecule has 0 saturated heterocycles. The number of nitrogens with two attached hydrogens (primary N) is 1. The van der Waals surface area contributed by atoms with Crippen molar-refractivity contribution in [3.05, 3.63) is 11.1 Å². The summed E-state index contributed by atoms with van der Waals surface area (Å²) in [6, 6.07) is 0. The highest BCUT2D eigenvalue weighted by Gasteiger charge is 2.12. The molecule has 1 atom stereocenters. The molecule has 2 N–H and O–H groups in total. The molecule has 0 aliphatic heterocycles. The average molecular weight is 214 g/mol. The Morgan fingerprint density at radius 3 is 2.93 bits per heavy atom. The first-order valence-corrected chi connectivity index (χ1v) is 5.98. The number of rotatable bonds is 6. The maximum absolute atomic E-state index is 5.70. The number of hydrogen-bond acceptors (Lipinski definition) is 4. The second kappa shape index (κ2) is 5.98. The fourth-order valence-corrected chi connectivity index (χ4v) is 2.19. The topological polar surface area (TPSA) is 48.1 Å². The van der Waals surface area contributed by atoms with Crippen molar-refractivity contribution in [1.82, 2.24) is 4.98 Å². The minimum atomic E-state index is 0.394. The fraction of sp³-hybridized carbons (Fsp3) is 0.700. The van der Waals surface area contributed by atoms with Gasteiger partial charge in [0.15, 0.2) is 0 Å². The quantitative estimate of drug-likeness (QED) is 0.791. The zero-order chi connectivity index (χ0) is 10.4. The van der Waals surface area contributed by atoms with Crippen molar-refractivity contribution in [2.45, 2.75) is 32.6 Å². The van der Waals surface area contributed by atoms with Crippen molar-refractivity contribution in [3.8, 4) is 5.19 Å². The molecule has 0 amide bonds. The van der Waals surface area contributed by atoms with Crippen LogP contribution in [0, 0.1) is 0 Å². The highest BCUT2D eigenvalue weighted by atomic mass is 32.1. The van der Waals surface area contributed by atoms with Crippen LogP contribution < -0.4 is 10.5 Å². The summed E-state index contributed by atoms with van der Waals surface area (Å²) in [6.45, 7) is 5.48. The van der Waals surface area contributed by atoms with E-state index in [9.17, 15) is 0 Å². The summed E-state index contributed by atoms with van der Waals surface area (Å²) >= 11 is 1.55. The smallest absolute Gasteiger partial charge is 0.273 e. The van der Waals surface area contributed by atoms with Crippen molar-refractivity contribution < 1.29 is 4.74 Å². The van der Waals surface area contributed by atoms with Crippen LogP contribution >= 0.6 is 11.3 Å². The van der Waals surface area contributed by atoms with Gasteiger partial charge in [0, 0.05) is 17.8 Å². The Bertz CT molecular complexity index is 262. The molecule has 1 rings (SSSR count). The number of aromatic nitrogens is 1. The first kappa shape index (κ1) is 11.5. The Kier molecular flexibility index (Phi) is 4.90. The molecule has 1 aromatic rings. The van der Waals surface area contributed by atoms with Gasteiger partial charge in [-0.3, -0.25) is 0 Å². The molecule has 0 saturated carbocycles. The molecule has 14 heavy (non-hydrogen) atoms. The van der Waals surface area contributed by atoms with Gasteiger partial charge < -0.3 is 10.5 Å². The summed E-state index contributed by atoms with van der Waals surface area (Å²) in [5, 5.41) is 2.81. The van der Waals surface area contributed by atoms with Gasteiger partial charge in [-0.15, -0.1) is 0 Å². The lowest BCUT2D eigenvalue weighted by atomic mass is 10.0. The number of nitrogens with zero attached hydrogens (tertiary/aromatic N) is 1.